The molecule has 1 aromatic carbocycles. The Kier molecular flexibility index (Phi) is 3.37. The molecule has 0 bridgehead atoms. The molecule has 0 aliphatic carbocycles. The summed E-state index contributed by atoms with van der Waals surface area (Å²) < 4.78 is 1.70. The number of pyridine rings is 1. The zero-order valence-corrected chi connectivity index (χ0v) is 12.7. The fourth-order valence-electron chi connectivity index (χ4n) is 2.34. The summed E-state index contributed by atoms with van der Waals surface area (Å²) in [4.78, 5) is 13.4. The van der Waals surface area contributed by atoms with Crippen molar-refractivity contribution in [1.82, 2.24) is 24.6 Å². The molecule has 0 saturated carbocycles. The molecule has 0 aliphatic rings. The van der Waals surface area contributed by atoms with E-state index in [9.17, 15) is 0 Å². The normalized spacial score (nSPS) is 10.9. The molecular formula is C16H10N6S. The lowest BCUT2D eigenvalue weighted by molar-refractivity contribution is 0.812. The van der Waals surface area contributed by atoms with Crippen molar-refractivity contribution in [1.29, 1.82) is 5.26 Å². The first kappa shape index (κ1) is 13.7. The van der Waals surface area contributed by atoms with E-state index in [-0.39, 0.29) is 0 Å². The van der Waals surface area contributed by atoms with Crippen molar-refractivity contribution >= 4 is 28.3 Å². The van der Waals surface area contributed by atoms with Gasteiger partial charge >= 0.3 is 0 Å². The van der Waals surface area contributed by atoms with Crippen LogP contribution in [0, 0.1) is 11.3 Å². The SMILES string of the molecule is N#CCSc1nc2ccccc2c2nc(-c3cccnc3)nn12. The minimum Gasteiger partial charge on any atom is -0.264 e. The van der Waals surface area contributed by atoms with E-state index in [1.807, 2.05) is 36.4 Å². The van der Waals surface area contributed by atoms with Crippen LogP contribution in [0.15, 0.2) is 53.9 Å². The van der Waals surface area contributed by atoms with E-state index in [0.717, 1.165) is 22.1 Å². The molecule has 0 N–H and O–H groups in total. The topological polar surface area (TPSA) is 79.8 Å². The van der Waals surface area contributed by atoms with Crippen molar-refractivity contribution in [2.75, 3.05) is 5.75 Å². The highest BCUT2D eigenvalue weighted by Crippen LogP contribution is 2.25. The van der Waals surface area contributed by atoms with Crippen molar-refractivity contribution in [3.8, 4) is 17.5 Å². The van der Waals surface area contributed by atoms with Gasteiger partial charge in [0, 0.05) is 23.3 Å². The fourth-order valence-corrected chi connectivity index (χ4v) is 2.94. The average Bonchev–Trinajstić information content (AvgIpc) is 3.06. The van der Waals surface area contributed by atoms with Gasteiger partial charge in [-0.1, -0.05) is 23.9 Å². The summed E-state index contributed by atoms with van der Waals surface area (Å²) >= 11 is 1.35. The molecule has 7 heteroatoms. The maximum Gasteiger partial charge on any atom is 0.192 e. The van der Waals surface area contributed by atoms with Gasteiger partial charge in [-0.05, 0) is 24.3 Å². The number of para-hydroxylation sites is 1. The van der Waals surface area contributed by atoms with Gasteiger partial charge in [-0.15, -0.1) is 5.10 Å². The largest absolute Gasteiger partial charge is 0.264 e. The van der Waals surface area contributed by atoms with Gasteiger partial charge in [0.1, 0.15) is 0 Å². The first-order chi connectivity index (χ1) is 11.4. The molecule has 6 nitrogen and oxygen atoms in total. The highest BCUT2D eigenvalue weighted by molar-refractivity contribution is 7.99. The maximum atomic E-state index is 8.84. The minimum atomic E-state index is 0.308. The lowest BCUT2D eigenvalue weighted by atomic mass is 10.2. The number of nitrogens with zero attached hydrogens (tertiary/aromatic N) is 6. The third-order valence-corrected chi connectivity index (χ3v) is 4.13. The molecule has 0 unspecified atom stereocenters. The first-order valence-electron chi connectivity index (χ1n) is 6.92. The summed E-state index contributed by atoms with van der Waals surface area (Å²) in [6.07, 6.45) is 3.44. The molecule has 0 radical (unpaired) electrons. The predicted molar refractivity (Wildman–Crippen MR) is 87.9 cm³/mol. The molecule has 110 valence electrons. The molecule has 0 aliphatic heterocycles. The summed E-state index contributed by atoms with van der Waals surface area (Å²) in [5, 5.41) is 15.0. The van der Waals surface area contributed by atoms with E-state index < -0.39 is 0 Å². The molecule has 4 aromatic rings. The molecular weight excluding hydrogens is 308 g/mol. The number of nitriles is 1. The molecule has 23 heavy (non-hydrogen) atoms. The molecule has 0 fully saturated rings. The van der Waals surface area contributed by atoms with E-state index in [1.165, 1.54) is 11.8 Å². The van der Waals surface area contributed by atoms with Gasteiger partial charge < -0.3 is 0 Å². The Bertz CT molecular complexity index is 1030. The second-order valence-corrected chi connectivity index (χ2v) is 5.71. The Morgan fingerprint density at radius 1 is 1.13 bits per heavy atom. The van der Waals surface area contributed by atoms with Gasteiger partial charge in [-0.25, -0.2) is 9.97 Å². The molecule has 4 rings (SSSR count). The van der Waals surface area contributed by atoms with Crippen LogP contribution in [-0.4, -0.2) is 30.3 Å². The van der Waals surface area contributed by atoms with E-state index in [2.05, 4.69) is 26.1 Å². The highest BCUT2D eigenvalue weighted by Gasteiger charge is 2.14. The number of hydrogen-bond acceptors (Lipinski definition) is 6. The van der Waals surface area contributed by atoms with E-state index in [0.29, 0.717) is 16.7 Å². The van der Waals surface area contributed by atoms with Crippen molar-refractivity contribution < 1.29 is 0 Å². The molecule has 0 spiro atoms. The second kappa shape index (κ2) is 5.66. The smallest absolute Gasteiger partial charge is 0.192 e. The summed E-state index contributed by atoms with van der Waals surface area (Å²) in [5.74, 6) is 0.901. The number of thioether (sulfide) groups is 1. The Labute approximate surface area is 135 Å². The standard InChI is InChI=1S/C16H10N6S/c17-7-9-23-16-19-13-6-2-1-5-12(13)15-20-14(21-22(15)16)11-4-3-8-18-10-11/h1-6,8,10H,9H2. The highest BCUT2D eigenvalue weighted by atomic mass is 32.2. The van der Waals surface area contributed by atoms with Crippen LogP contribution in [0.5, 0.6) is 0 Å². The summed E-state index contributed by atoms with van der Waals surface area (Å²) in [5.41, 5.74) is 2.41. The fraction of sp³-hybridized carbons (Fsp3) is 0.0625. The zero-order chi connectivity index (χ0) is 15.6. The first-order valence-corrected chi connectivity index (χ1v) is 7.91. The van der Waals surface area contributed by atoms with Crippen LogP contribution in [0.25, 0.3) is 27.9 Å². The van der Waals surface area contributed by atoms with Crippen LogP contribution in [0.4, 0.5) is 0 Å². The van der Waals surface area contributed by atoms with Crippen LogP contribution in [-0.2, 0) is 0 Å². The monoisotopic (exact) mass is 318 g/mol. The summed E-state index contributed by atoms with van der Waals surface area (Å²) in [6, 6.07) is 13.7. The Morgan fingerprint density at radius 2 is 2.04 bits per heavy atom. The number of fused-ring (bicyclic) bond motifs is 3. The van der Waals surface area contributed by atoms with Gasteiger partial charge in [-0.2, -0.15) is 9.78 Å². The minimum absolute atomic E-state index is 0.308. The molecule has 0 saturated heterocycles. The number of rotatable bonds is 3. The van der Waals surface area contributed by atoms with Gasteiger partial charge in [0.2, 0.25) is 0 Å². The van der Waals surface area contributed by atoms with Crippen LogP contribution >= 0.6 is 11.8 Å². The molecule has 3 aromatic heterocycles. The third kappa shape index (κ3) is 2.39. The predicted octanol–water partition coefficient (Wildman–Crippen LogP) is 2.96. The number of aromatic nitrogens is 5. The number of benzene rings is 1. The van der Waals surface area contributed by atoms with Crippen molar-refractivity contribution in [3.05, 3.63) is 48.8 Å². The molecule has 3 heterocycles. The Morgan fingerprint density at radius 3 is 2.87 bits per heavy atom. The van der Waals surface area contributed by atoms with Gasteiger partial charge in [0.05, 0.1) is 17.3 Å². The van der Waals surface area contributed by atoms with Crippen LogP contribution in [0.1, 0.15) is 0 Å². The van der Waals surface area contributed by atoms with Crippen LogP contribution < -0.4 is 0 Å². The summed E-state index contributed by atoms with van der Waals surface area (Å²) in [6.45, 7) is 0. The zero-order valence-electron chi connectivity index (χ0n) is 11.9. The molecule has 0 amide bonds. The third-order valence-electron chi connectivity index (χ3n) is 3.33. The van der Waals surface area contributed by atoms with Crippen LogP contribution in [0.3, 0.4) is 0 Å². The van der Waals surface area contributed by atoms with E-state index >= 15 is 0 Å². The van der Waals surface area contributed by atoms with E-state index in [1.54, 1.807) is 16.9 Å². The Balaban J connectivity index is 2.00. The van der Waals surface area contributed by atoms with Gasteiger partial charge in [0.25, 0.3) is 0 Å². The second-order valence-electron chi connectivity index (χ2n) is 4.77. The lowest BCUT2D eigenvalue weighted by Crippen LogP contribution is -1.98. The number of hydrogen-bond donors (Lipinski definition) is 0. The quantitative estimate of drug-likeness (QED) is 0.427. The van der Waals surface area contributed by atoms with Gasteiger partial charge in [0.15, 0.2) is 16.6 Å². The van der Waals surface area contributed by atoms with Crippen LogP contribution in [0.2, 0.25) is 0 Å². The van der Waals surface area contributed by atoms with E-state index in [4.69, 9.17) is 5.26 Å². The summed E-state index contributed by atoms with van der Waals surface area (Å²) in [7, 11) is 0. The van der Waals surface area contributed by atoms with Crippen molar-refractivity contribution in [2.24, 2.45) is 0 Å². The Hall–Kier alpha value is -2.98. The van der Waals surface area contributed by atoms with Crippen molar-refractivity contribution in [2.45, 2.75) is 5.16 Å². The van der Waals surface area contributed by atoms with Crippen molar-refractivity contribution in [3.63, 3.8) is 0 Å². The average molecular weight is 318 g/mol. The lowest BCUT2D eigenvalue weighted by Gasteiger charge is -2.03. The van der Waals surface area contributed by atoms with Gasteiger partial charge in [-0.3, -0.25) is 4.98 Å². The molecule has 0 atom stereocenters. The maximum absolute atomic E-state index is 8.84.